The molecule has 96 valence electrons. The van der Waals surface area contributed by atoms with Gasteiger partial charge in [-0.1, -0.05) is 6.07 Å². The quantitative estimate of drug-likeness (QED) is 0.713. The summed E-state index contributed by atoms with van der Waals surface area (Å²) in [5.41, 5.74) is 1.07. The molecular weight excluding hydrogens is 248 g/mol. The second-order valence-corrected chi connectivity index (χ2v) is 3.55. The Hall–Kier alpha value is -2.96. The number of aliphatic carboxylic acids is 1. The van der Waals surface area contributed by atoms with Gasteiger partial charge in [0.25, 0.3) is 5.91 Å². The highest BCUT2D eigenvalue weighted by atomic mass is 16.4. The van der Waals surface area contributed by atoms with Crippen molar-refractivity contribution in [2.45, 2.75) is 0 Å². The Morgan fingerprint density at radius 1 is 1.42 bits per heavy atom. The number of aromatic nitrogens is 3. The summed E-state index contributed by atoms with van der Waals surface area (Å²) in [6, 6.07) is 3.23. The van der Waals surface area contributed by atoms with Gasteiger partial charge in [-0.2, -0.15) is 5.10 Å². The van der Waals surface area contributed by atoms with Crippen LogP contribution in [-0.4, -0.2) is 32.2 Å². The Bertz CT molecular complexity index is 620. The minimum absolute atomic E-state index is 0.140. The lowest BCUT2D eigenvalue weighted by atomic mass is 10.1. The van der Waals surface area contributed by atoms with Crippen LogP contribution in [0.25, 0.3) is 6.08 Å². The van der Waals surface area contributed by atoms with Crippen molar-refractivity contribution in [2.24, 2.45) is 0 Å². The second kappa shape index (κ2) is 5.58. The van der Waals surface area contributed by atoms with Crippen molar-refractivity contribution in [1.29, 1.82) is 0 Å². The fourth-order valence-corrected chi connectivity index (χ4v) is 1.41. The van der Waals surface area contributed by atoms with Crippen LogP contribution in [0.15, 0.2) is 36.8 Å². The first kappa shape index (κ1) is 12.5. The fraction of sp³-hybridized carbons (Fsp3) is 0. The molecule has 0 saturated heterocycles. The average molecular weight is 258 g/mol. The van der Waals surface area contributed by atoms with Crippen LogP contribution >= 0.6 is 0 Å². The predicted octanol–water partition coefficient (Wildman–Crippen LogP) is 1.15. The molecule has 0 bridgehead atoms. The van der Waals surface area contributed by atoms with Crippen LogP contribution < -0.4 is 5.32 Å². The molecule has 0 saturated carbocycles. The summed E-state index contributed by atoms with van der Waals surface area (Å²) < 4.78 is 0. The highest BCUT2D eigenvalue weighted by Gasteiger charge is 2.11. The Morgan fingerprint density at radius 3 is 2.95 bits per heavy atom. The number of carboxylic acids is 1. The lowest BCUT2D eigenvalue weighted by Crippen LogP contribution is -2.14. The van der Waals surface area contributed by atoms with E-state index < -0.39 is 11.9 Å². The van der Waals surface area contributed by atoms with E-state index in [0.717, 1.165) is 6.08 Å². The number of carbonyl (C=O) groups is 2. The normalized spacial score (nSPS) is 10.5. The molecule has 0 fully saturated rings. The molecule has 0 atom stereocenters. The number of hydrogen-bond donors (Lipinski definition) is 3. The van der Waals surface area contributed by atoms with E-state index in [2.05, 4.69) is 20.5 Å². The summed E-state index contributed by atoms with van der Waals surface area (Å²) in [5, 5.41) is 17.4. The third-order valence-corrected chi connectivity index (χ3v) is 2.22. The van der Waals surface area contributed by atoms with Crippen LogP contribution in [0.4, 0.5) is 5.69 Å². The first-order valence-corrected chi connectivity index (χ1v) is 5.33. The molecule has 2 aromatic heterocycles. The molecule has 2 rings (SSSR count). The second-order valence-electron chi connectivity index (χ2n) is 3.55. The highest BCUT2D eigenvalue weighted by Crippen LogP contribution is 2.11. The van der Waals surface area contributed by atoms with E-state index in [0.29, 0.717) is 11.3 Å². The number of rotatable bonds is 4. The Kier molecular flexibility index (Phi) is 3.67. The summed E-state index contributed by atoms with van der Waals surface area (Å²) in [6.45, 7) is 0. The van der Waals surface area contributed by atoms with E-state index in [1.54, 1.807) is 12.1 Å². The molecule has 7 heteroatoms. The SMILES string of the molecule is O=C(O)/C=C/c1cccnc1C(=O)Nc1cn[nH]c1. The van der Waals surface area contributed by atoms with Crippen molar-refractivity contribution in [2.75, 3.05) is 5.32 Å². The molecule has 0 aliphatic rings. The van der Waals surface area contributed by atoms with Gasteiger partial charge < -0.3 is 10.4 Å². The minimum atomic E-state index is -1.09. The summed E-state index contributed by atoms with van der Waals surface area (Å²) >= 11 is 0. The number of amides is 1. The van der Waals surface area contributed by atoms with Crippen molar-refractivity contribution in [3.05, 3.63) is 48.1 Å². The van der Waals surface area contributed by atoms with Crippen molar-refractivity contribution in [3.8, 4) is 0 Å². The zero-order valence-corrected chi connectivity index (χ0v) is 9.70. The van der Waals surface area contributed by atoms with Gasteiger partial charge in [-0.3, -0.25) is 14.9 Å². The molecular formula is C12H10N4O3. The summed E-state index contributed by atoms with van der Waals surface area (Å²) in [5.74, 6) is -1.53. The number of hydrogen-bond acceptors (Lipinski definition) is 4. The monoisotopic (exact) mass is 258 g/mol. The maximum Gasteiger partial charge on any atom is 0.328 e. The van der Waals surface area contributed by atoms with Crippen molar-refractivity contribution in [3.63, 3.8) is 0 Å². The standard InChI is InChI=1S/C12H10N4O3/c17-10(18)4-3-8-2-1-5-13-11(8)12(19)16-9-6-14-15-7-9/h1-7H,(H,14,15)(H,16,19)(H,17,18)/b4-3+. The summed E-state index contributed by atoms with van der Waals surface area (Å²) in [6.07, 6.45) is 6.70. The third kappa shape index (κ3) is 3.25. The fourth-order valence-electron chi connectivity index (χ4n) is 1.41. The van der Waals surface area contributed by atoms with Gasteiger partial charge >= 0.3 is 5.97 Å². The van der Waals surface area contributed by atoms with Crippen LogP contribution in [-0.2, 0) is 4.79 Å². The largest absolute Gasteiger partial charge is 0.478 e. The molecule has 0 unspecified atom stereocenters. The van der Waals surface area contributed by atoms with Crippen LogP contribution in [0.5, 0.6) is 0 Å². The zero-order valence-electron chi connectivity index (χ0n) is 9.70. The summed E-state index contributed by atoms with van der Waals surface area (Å²) in [7, 11) is 0. The van der Waals surface area contributed by atoms with Gasteiger partial charge in [0.15, 0.2) is 0 Å². The number of pyridine rings is 1. The average Bonchev–Trinajstić information content (AvgIpc) is 2.89. The molecule has 0 aromatic carbocycles. The first-order valence-electron chi connectivity index (χ1n) is 5.33. The molecule has 2 aromatic rings. The Labute approximate surface area is 108 Å². The molecule has 0 spiro atoms. The van der Waals surface area contributed by atoms with Gasteiger partial charge in [-0.25, -0.2) is 4.79 Å². The van der Waals surface area contributed by atoms with Gasteiger partial charge in [0, 0.05) is 24.0 Å². The smallest absolute Gasteiger partial charge is 0.328 e. The molecule has 3 N–H and O–H groups in total. The number of carbonyl (C=O) groups excluding carboxylic acids is 1. The van der Waals surface area contributed by atoms with Crippen molar-refractivity contribution < 1.29 is 14.7 Å². The van der Waals surface area contributed by atoms with Crippen molar-refractivity contribution >= 4 is 23.6 Å². The van der Waals surface area contributed by atoms with E-state index in [-0.39, 0.29) is 5.69 Å². The van der Waals surface area contributed by atoms with E-state index in [9.17, 15) is 9.59 Å². The molecule has 2 heterocycles. The zero-order chi connectivity index (χ0) is 13.7. The Morgan fingerprint density at radius 2 is 2.26 bits per heavy atom. The molecule has 7 nitrogen and oxygen atoms in total. The molecule has 0 aliphatic heterocycles. The molecule has 0 aliphatic carbocycles. The van der Waals surface area contributed by atoms with Crippen LogP contribution in [0.3, 0.4) is 0 Å². The number of anilines is 1. The van der Waals surface area contributed by atoms with Crippen LogP contribution in [0.2, 0.25) is 0 Å². The lowest BCUT2D eigenvalue weighted by Gasteiger charge is -2.04. The number of aromatic amines is 1. The van der Waals surface area contributed by atoms with E-state index >= 15 is 0 Å². The van der Waals surface area contributed by atoms with E-state index in [1.807, 2.05) is 0 Å². The van der Waals surface area contributed by atoms with E-state index in [4.69, 9.17) is 5.11 Å². The topological polar surface area (TPSA) is 108 Å². The van der Waals surface area contributed by atoms with Crippen molar-refractivity contribution in [1.82, 2.24) is 15.2 Å². The van der Waals surface area contributed by atoms with Gasteiger partial charge in [-0.05, 0) is 12.1 Å². The van der Waals surface area contributed by atoms with Gasteiger partial charge in [0.1, 0.15) is 5.69 Å². The molecule has 1 amide bonds. The lowest BCUT2D eigenvalue weighted by molar-refractivity contribution is -0.131. The van der Waals surface area contributed by atoms with E-state index in [1.165, 1.54) is 24.7 Å². The number of nitrogens with one attached hydrogen (secondary N) is 2. The van der Waals surface area contributed by atoms with Crippen LogP contribution in [0, 0.1) is 0 Å². The van der Waals surface area contributed by atoms with Crippen LogP contribution in [0.1, 0.15) is 16.1 Å². The third-order valence-electron chi connectivity index (χ3n) is 2.22. The molecule has 0 radical (unpaired) electrons. The van der Waals surface area contributed by atoms with Gasteiger partial charge in [-0.15, -0.1) is 0 Å². The maximum atomic E-state index is 12.0. The minimum Gasteiger partial charge on any atom is -0.478 e. The summed E-state index contributed by atoms with van der Waals surface area (Å²) in [4.78, 5) is 26.4. The van der Waals surface area contributed by atoms with Gasteiger partial charge in [0.05, 0.1) is 11.9 Å². The maximum absolute atomic E-state index is 12.0. The molecule has 19 heavy (non-hydrogen) atoms. The first-order chi connectivity index (χ1) is 9.16. The predicted molar refractivity (Wildman–Crippen MR) is 67.4 cm³/mol. The Balaban J connectivity index is 2.24. The highest BCUT2D eigenvalue weighted by molar-refractivity contribution is 6.05. The number of carboxylic acid groups (broad SMARTS) is 1. The number of H-pyrrole nitrogens is 1. The number of nitrogens with zero attached hydrogens (tertiary/aromatic N) is 2. The van der Waals surface area contributed by atoms with Gasteiger partial charge in [0.2, 0.25) is 0 Å².